The quantitative estimate of drug-likeness (QED) is 0.152. The molecular weight excluding hydrogens is 701 g/mol. The summed E-state index contributed by atoms with van der Waals surface area (Å²) in [6, 6.07) is 41.3. The van der Waals surface area contributed by atoms with Crippen LogP contribution in [0.4, 0.5) is 22.7 Å². The highest BCUT2D eigenvalue weighted by Gasteiger charge is 2.23. The number of para-hydroxylation sites is 1. The van der Waals surface area contributed by atoms with Crippen molar-refractivity contribution in [2.75, 3.05) is 10.6 Å². The van der Waals surface area contributed by atoms with E-state index in [2.05, 4.69) is 200 Å². The smallest absolute Gasteiger partial charge is 0.137 e. The molecule has 0 aliphatic heterocycles. The number of benzene rings is 5. The maximum atomic E-state index is 6.63. The molecule has 0 saturated carbocycles. The third-order valence-electron chi connectivity index (χ3n) is 10.7. The molecule has 5 nitrogen and oxygen atoms in total. The van der Waals surface area contributed by atoms with Crippen molar-refractivity contribution >= 4 is 57.8 Å². The van der Waals surface area contributed by atoms with Crippen LogP contribution in [0.15, 0.2) is 121 Å². The standard InChI is InChI=1S/C50H58N4OSi/c1-48(2,3)33-24-25-51-47(29-33)54-45-19-14-13-18-41(45)42-22-20-39(31-46(42)54)55-38-17-15-16-36(30-38)52-43-23-21-40(56(10,11)12)32-44(43)53-37-27-34(49(4,5)6)26-35(28-37)50(7,8)9/h13-32,52-53H,1-12H3. The lowest BCUT2D eigenvalue weighted by molar-refractivity contribution is 0.483. The summed E-state index contributed by atoms with van der Waals surface area (Å²) in [5.74, 6) is 2.42. The molecule has 0 fully saturated rings. The lowest BCUT2D eigenvalue weighted by Gasteiger charge is -2.27. The van der Waals surface area contributed by atoms with Crippen molar-refractivity contribution in [1.82, 2.24) is 9.55 Å². The lowest BCUT2D eigenvalue weighted by atomic mass is 9.80. The number of ether oxygens (including phenoxy) is 1. The summed E-state index contributed by atoms with van der Waals surface area (Å²) in [5.41, 5.74) is 10.2. The van der Waals surface area contributed by atoms with Gasteiger partial charge in [-0.2, -0.15) is 0 Å². The van der Waals surface area contributed by atoms with Gasteiger partial charge in [0, 0.05) is 40.5 Å². The molecule has 2 heterocycles. The Bertz CT molecular complexity index is 2520. The second-order valence-electron chi connectivity index (χ2n) is 19.4. The molecule has 0 atom stereocenters. The van der Waals surface area contributed by atoms with Crippen LogP contribution in [0.5, 0.6) is 11.5 Å². The van der Waals surface area contributed by atoms with E-state index in [4.69, 9.17) is 9.72 Å². The van der Waals surface area contributed by atoms with Gasteiger partial charge in [-0.25, -0.2) is 4.98 Å². The van der Waals surface area contributed by atoms with E-state index in [9.17, 15) is 0 Å². The van der Waals surface area contributed by atoms with Gasteiger partial charge in [0.2, 0.25) is 0 Å². The van der Waals surface area contributed by atoms with E-state index < -0.39 is 8.07 Å². The first-order valence-electron chi connectivity index (χ1n) is 19.9. The van der Waals surface area contributed by atoms with Gasteiger partial charge in [-0.3, -0.25) is 4.57 Å². The van der Waals surface area contributed by atoms with E-state index in [1.807, 2.05) is 18.3 Å². The zero-order valence-corrected chi connectivity index (χ0v) is 36.3. The Kier molecular flexibility index (Phi) is 9.95. The fraction of sp³-hybridized carbons (Fsp3) is 0.300. The zero-order chi connectivity index (χ0) is 40.2. The number of nitrogens with zero attached hydrogens (tertiary/aromatic N) is 2. The number of hydrogen-bond donors (Lipinski definition) is 2. The van der Waals surface area contributed by atoms with Gasteiger partial charge in [0.15, 0.2) is 0 Å². The van der Waals surface area contributed by atoms with Crippen LogP contribution in [0.25, 0.3) is 27.6 Å². The molecule has 5 aromatic carbocycles. The Morgan fingerprint density at radius 2 is 1.16 bits per heavy atom. The molecule has 0 radical (unpaired) electrons. The van der Waals surface area contributed by atoms with E-state index >= 15 is 0 Å². The molecule has 0 aliphatic carbocycles. The van der Waals surface area contributed by atoms with Crippen molar-refractivity contribution in [1.29, 1.82) is 0 Å². The Morgan fingerprint density at radius 1 is 0.518 bits per heavy atom. The summed E-state index contributed by atoms with van der Waals surface area (Å²) in [6.45, 7) is 27.6. The number of anilines is 4. The Hall–Kier alpha value is -5.33. The molecule has 288 valence electrons. The maximum absolute atomic E-state index is 6.63. The van der Waals surface area contributed by atoms with Gasteiger partial charge in [-0.15, -0.1) is 0 Å². The minimum absolute atomic E-state index is 0.00405. The van der Waals surface area contributed by atoms with Gasteiger partial charge in [0.25, 0.3) is 0 Å². The van der Waals surface area contributed by atoms with Gasteiger partial charge >= 0.3 is 0 Å². The van der Waals surface area contributed by atoms with E-state index in [1.54, 1.807) is 0 Å². The summed E-state index contributed by atoms with van der Waals surface area (Å²) in [7, 11) is -1.59. The minimum atomic E-state index is -1.59. The van der Waals surface area contributed by atoms with Gasteiger partial charge < -0.3 is 15.4 Å². The number of aromatic nitrogens is 2. The highest BCUT2D eigenvalue weighted by Crippen LogP contribution is 2.38. The molecule has 2 aromatic heterocycles. The third kappa shape index (κ3) is 8.27. The second kappa shape index (κ2) is 14.3. The third-order valence-corrected chi connectivity index (χ3v) is 12.7. The Labute approximate surface area is 335 Å². The van der Waals surface area contributed by atoms with Gasteiger partial charge in [0.05, 0.1) is 30.5 Å². The average molecular weight is 759 g/mol. The molecule has 56 heavy (non-hydrogen) atoms. The molecule has 0 unspecified atom stereocenters. The molecular formula is C50H58N4OSi. The van der Waals surface area contributed by atoms with Crippen molar-refractivity contribution in [2.45, 2.75) is 98.2 Å². The van der Waals surface area contributed by atoms with Gasteiger partial charge in [-0.1, -0.05) is 124 Å². The highest BCUT2D eigenvalue weighted by atomic mass is 28.3. The lowest BCUT2D eigenvalue weighted by Crippen LogP contribution is -2.37. The Balaban J connectivity index is 1.23. The molecule has 0 amide bonds. The minimum Gasteiger partial charge on any atom is -0.457 e. The molecule has 0 aliphatic rings. The first-order chi connectivity index (χ1) is 26.2. The van der Waals surface area contributed by atoms with E-state index in [-0.39, 0.29) is 16.2 Å². The fourth-order valence-corrected chi connectivity index (χ4v) is 8.30. The summed E-state index contributed by atoms with van der Waals surface area (Å²) in [4.78, 5) is 4.85. The van der Waals surface area contributed by atoms with Crippen molar-refractivity contribution in [3.05, 3.63) is 138 Å². The van der Waals surface area contributed by atoms with Crippen LogP contribution < -0.4 is 20.6 Å². The largest absolute Gasteiger partial charge is 0.457 e. The van der Waals surface area contributed by atoms with E-state index in [1.165, 1.54) is 27.3 Å². The number of hydrogen-bond acceptors (Lipinski definition) is 4. The van der Waals surface area contributed by atoms with Crippen LogP contribution in [0.3, 0.4) is 0 Å². The SMILES string of the molecule is CC(C)(C)c1cc(Nc2cc([Si](C)(C)C)ccc2Nc2cccc(Oc3ccc4c5ccccc5n(-c5cc(C(C)(C)C)ccn5)c4c3)c2)cc(C(C)(C)C)c1. The molecule has 6 heteroatoms. The van der Waals surface area contributed by atoms with Crippen LogP contribution in [-0.4, -0.2) is 17.6 Å². The summed E-state index contributed by atoms with van der Waals surface area (Å²) >= 11 is 0. The van der Waals surface area contributed by atoms with Crippen molar-refractivity contribution in [3.63, 3.8) is 0 Å². The molecule has 0 saturated heterocycles. The van der Waals surface area contributed by atoms with Gasteiger partial charge in [0.1, 0.15) is 17.3 Å². The molecule has 7 rings (SSSR count). The monoisotopic (exact) mass is 758 g/mol. The van der Waals surface area contributed by atoms with Crippen molar-refractivity contribution in [3.8, 4) is 17.3 Å². The first-order valence-corrected chi connectivity index (χ1v) is 23.4. The fourth-order valence-electron chi connectivity index (χ4n) is 7.14. The molecule has 0 spiro atoms. The predicted molar refractivity (Wildman–Crippen MR) is 244 cm³/mol. The topological polar surface area (TPSA) is 51.1 Å². The van der Waals surface area contributed by atoms with Crippen LogP contribution in [0, 0.1) is 0 Å². The molecule has 7 aromatic rings. The summed E-state index contributed by atoms with van der Waals surface area (Å²) < 4.78 is 8.88. The first kappa shape index (κ1) is 38.9. The van der Waals surface area contributed by atoms with Crippen molar-refractivity contribution in [2.24, 2.45) is 0 Å². The second-order valence-corrected chi connectivity index (χ2v) is 24.5. The van der Waals surface area contributed by atoms with Crippen LogP contribution >= 0.6 is 0 Å². The van der Waals surface area contributed by atoms with Crippen LogP contribution in [-0.2, 0) is 16.2 Å². The molecule has 2 N–H and O–H groups in total. The number of nitrogens with one attached hydrogen (secondary N) is 2. The Morgan fingerprint density at radius 3 is 1.84 bits per heavy atom. The maximum Gasteiger partial charge on any atom is 0.137 e. The number of fused-ring (bicyclic) bond motifs is 3. The van der Waals surface area contributed by atoms with E-state index in [0.717, 1.165) is 56.5 Å². The van der Waals surface area contributed by atoms with Crippen LogP contribution in [0.2, 0.25) is 19.6 Å². The summed E-state index contributed by atoms with van der Waals surface area (Å²) in [6.07, 6.45) is 1.92. The predicted octanol–water partition coefficient (Wildman–Crippen LogP) is 13.9. The summed E-state index contributed by atoms with van der Waals surface area (Å²) in [5, 5.41) is 11.4. The zero-order valence-electron chi connectivity index (χ0n) is 35.3. The number of pyridine rings is 1. The van der Waals surface area contributed by atoms with Crippen LogP contribution in [0.1, 0.15) is 79.0 Å². The molecule has 0 bridgehead atoms. The number of rotatable bonds is 8. The average Bonchev–Trinajstić information content (AvgIpc) is 3.44. The van der Waals surface area contributed by atoms with Crippen molar-refractivity contribution < 1.29 is 4.74 Å². The van der Waals surface area contributed by atoms with E-state index in [0.29, 0.717) is 0 Å². The van der Waals surface area contributed by atoms with Gasteiger partial charge in [-0.05, 0) is 99.7 Å². The normalized spacial score (nSPS) is 12.6. The highest BCUT2D eigenvalue weighted by molar-refractivity contribution is 6.88.